The van der Waals surface area contributed by atoms with Gasteiger partial charge in [0.25, 0.3) is 0 Å². The molecule has 5 rings (SSSR count). The average Bonchev–Trinajstić information content (AvgIpc) is 2.90. The SMILES string of the molecule is COc1cc2nc(N3CCN(C(=O)CC4CCC4)CC3)nc(N)c2cc1OC.COc1ccccc1. The van der Waals surface area contributed by atoms with Crippen LogP contribution >= 0.6 is 0 Å². The summed E-state index contributed by atoms with van der Waals surface area (Å²) in [6.07, 6.45) is 4.36. The predicted octanol–water partition coefficient (Wildman–Crippen LogP) is 3.76. The highest BCUT2D eigenvalue weighted by Gasteiger charge is 2.27. The van der Waals surface area contributed by atoms with Gasteiger partial charge >= 0.3 is 0 Å². The van der Waals surface area contributed by atoms with E-state index >= 15 is 0 Å². The van der Waals surface area contributed by atoms with Gasteiger partial charge in [-0.1, -0.05) is 24.6 Å². The summed E-state index contributed by atoms with van der Waals surface area (Å²) < 4.78 is 15.6. The van der Waals surface area contributed by atoms with Gasteiger partial charge in [0.1, 0.15) is 11.6 Å². The number of hydrogen-bond acceptors (Lipinski definition) is 8. The van der Waals surface area contributed by atoms with Gasteiger partial charge in [0, 0.05) is 44.1 Å². The molecular formula is C27H35N5O4. The molecule has 36 heavy (non-hydrogen) atoms. The van der Waals surface area contributed by atoms with Gasteiger partial charge < -0.3 is 29.7 Å². The summed E-state index contributed by atoms with van der Waals surface area (Å²) in [5, 5.41) is 0.732. The van der Waals surface area contributed by atoms with Crippen LogP contribution in [0.1, 0.15) is 25.7 Å². The first-order valence-corrected chi connectivity index (χ1v) is 12.3. The number of para-hydroxylation sites is 1. The molecule has 2 N–H and O–H groups in total. The minimum absolute atomic E-state index is 0.278. The molecule has 1 amide bonds. The lowest BCUT2D eigenvalue weighted by Gasteiger charge is -2.36. The molecule has 3 aromatic rings. The first-order chi connectivity index (χ1) is 17.5. The van der Waals surface area contributed by atoms with Crippen LogP contribution in [0.25, 0.3) is 10.9 Å². The molecule has 2 aromatic carbocycles. The third-order valence-corrected chi connectivity index (χ3v) is 6.80. The maximum absolute atomic E-state index is 12.4. The van der Waals surface area contributed by atoms with Crippen molar-refractivity contribution < 1.29 is 19.0 Å². The average molecular weight is 494 g/mol. The van der Waals surface area contributed by atoms with Gasteiger partial charge in [0.15, 0.2) is 11.5 Å². The lowest BCUT2D eigenvalue weighted by atomic mass is 9.82. The number of fused-ring (bicyclic) bond motifs is 1. The number of anilines is 2. The number of carbonyl (C=O) groups is 1. The van der Waals surface area contributed by atoms with E-state index in [0.717, 1.165) is 11.1 Å². The van der Waals surface area contributed by atoms with Crippen molar-refractivity contribution in [3.05, 3.63) is 42.5 Å². The van der Waals surface area contributed by atoms with Gasteiger partial charge in [-0.25, -0.2) is 4.98 Å². The fourth-order valence-electron chi connectivity index (χ4n) is 4.39. The number of nitrogens with zero attached hydrogens (tertiary/aromatic N) is 4. The molecule has 0 radical (unpaired) electrons. The van der Waals surface area contributed by atoms with Crippen molar-refractivity contribution in [2.45, 2.75) is 25.7 Å². The molecule has 1 aliphatic heterocycles. The number of nitrogens with two attached hydrogens (primary N) is 1. The second-order valence-corrected chi connectivity index (χ2v) is 9.02. The minimum Gasteiger partial charge on any atom is -0.497 e. The lowest BCUT2D eigenvalue weighted by molar-refractivity contribution is -0.133. The Labute approximate surface area is 212 Å². The van der Waals surface area contributed by atoms with Gasteiger partial charge in [-0.2, -0.15) is 4.98 Å². The van der Waals surface area contributed by atoms with E-state index in [-0.39, 0.29) is 5.91 Å². The highest BCUT2D eigenvalue weighted by Crippen LogP contribution is 2.34. The van der Waals surface area contributed by atoms with Crippen molar-refractivity contribution in [2.75, 3.05) is 58.1 Å². The number of benzene rings is 2. The molecule has 9 heteroatoms. The molecule has 1 aliphatic carbocycles. The number of amides is 1. The molecule has 192 valence electrons. The van der Waals surface area contributed by atoms with E-state index in [0.29, 0.717) is 67.3 Å². The summed E-state index contributed by atoms with van der Waals surface area (Å²) in [5.74, 6) is 3.98. The van der Waals surface area contributed by atoms with E-state index in [1.807, 2.05) is 41.3 Å². The Bertz CT molecular complexity index is 1160. The number of rotatable bonds is 6. The van der Waals surface area contributed by atoms with Crippen LogP contribution < -0.4 is 24.8 Å². The van der Waals surface area contributed by atoms with E-state index in [9.17, 15) is 4.79 Å². The van der Waals surface area contributed by atoms with Gasteiger partial charge in [-0.3, -0.25) is 4.79 Å². The third kappa shape index (κ3) is 5.90. The molecule has 1 saturated heterocycles. The number of nitrogen functional groups attached to an aromatic ring is 1. The van der Waals surface area contributed by atoms with Crippen molar-refractivity contribution in [3.63, 3.8) is 0 Å². The molecule has 0 bridgehead atoms. The Morgan fingerprint density at radius 1 is 0.944 bits per heavy atom. The van der Waals surface area contributed by atoms with Crippen LogP contribution in [0, 0.1) is 5.92 Å². The number of methoxy groups -OCH3 is 3. The van der Waals surface area contributed by atoms with Crippen LogP contribution in [0.3, 0.4) is 0 Å². The van der Waals surface area contributed by atoms with Crippen molar-refractivity contribution in [3.8, 4) is 17.2 Å². The maximum Gasteiger partial charge on any atom is 0.228 e. The normalized spacial score (nSPS) is 15.5. The van der Waals surface area contributed by atoms with Crippen molar-refractivity contribution in [2.24, 2.45) is 5.92 Å². The lowest BCUT2D eigenvalue weighted by Crippen LogP contribution is -2.49. The Kier molecular flexibility index (Phi) is 8.30. The quantitative estimate of drug-likeness (QED) is 0.554. The van der Waals surface area contributed by atoms with Gasteiger partial charge in [-0.15, -0.1) is 0 Å². The number of carbonyl (C=O) groups excluding carboxylic acids is 1. The summed E-state index contributed by atoms with van der Waals surface area (Å²) >= 11 is 0. The van der Waals surface area contributed by atoms with E-state index < -0.39 is 0 Å². The van der Waals surface area contributed by atoms with Gasteiger partial charge in [0.2, 0.25) is 11.9 Å². The fraction of sp³-hybridized carbons (Fsp3) is 0.444. The summed E-state index contributed by atoms with van der Waals surface area (Å²) in [6.45, 7) is 2.79. The standard InChI is InChI=1S/C20H27N5O3.C7H8O/c1-27-16-11-14-15(12-17(16)28-2)22-20(23-19(14)21)25-8-6-24(7-9-25)18(26)10-13-4-3-5-13;1-8-7-5-3-2-4-6-7/h11-13H,3-10H2,1-2H3,(H2,21,22,23);2-6H,1H3. The molecule has 1 saturated carbocycles. The summed E-state index contributed by atoms with van der Waals surface area (Å²) in [4.78, 5) is 25.7. The molecule has 2 heterocycles. The Balaban J connectivity index is 0.000000325. The van der Waals surface area contributed by atoms with E-state index in [2.05, 4.69) is 14.9 Å². The highest BCUT2D eigenvalue weighted by atomic mass is 16.5. The van der Waals surface area contributed by atoms with E-state index in [1.54, 1.807) is 27.4 Å². The van der Waals surface area contributed by atoms with Crippen LogP contribution in [-0.4, -0.2) is 68.3 Å². The third-order valence-electron chi connectivity index (χ3n) is 6.80. The Morgan fingerprint density at radius 2 is 1.61 bits per heavy atom. The Morgan fingerprint density at radius 3 is 2.17 bits per heavy atom. The fourth-order valence-corrected chi connectivity index (χ4v) is 4.39. The van der Waals surface area contributed by atoms with Crippen LogP contribution in [-0.2, 0) is 4.79 Å². The molecule has 9 nitrogen and oxygen atoms in total. The maximum atomic E-state index is 12.4. The molecule has 0 atom stereocenters. The smallest absolute Gasteiger partial charge is 0.228 e. The molecular weight excluding hydrogens is 458 g/mol. The summed E-state index contributed by atoms with van der Waals surface area (Å²) in [7, 11) is 4.84. The summed E-state index contributed by atoms with van der Waals surface area (Å²) in [5.41, 5.74) is 6.90. The predicted molar refractivity (Wildman–Crippen MR) is 141 cm³/mol. The van der Waals surface area contributed by atoms with Crippen molar-refractivity contribution in [1.29, 1.82) is 0 Å². The second kappa shape index (κ2) is 11.8. The second-order valence-electron chi connectivity index (χ2n) is 9.02. The molecule has 0 spiro atoms. The largest absolute Gasteiger partial charge is 0.497 e. The highest BCUT2D eigenvalue weighted by molar-refractivity contribution is 5.91. The van der Waals surface area contributed by atoms with Gasteiger partial charge in [-0.05, 0) is 37.0 Å². The molecule has 0 unspecified atom stereocenters. The van der Waals surface area contributed by atoms with E-state index in [1.165, 1.54) is 19.3 Å². The molecule has 2 fully saturated rings. The van der Waals surface area contributed by atoms with Crippen molar-refractivity contribution in [1.82, 2.24) is 14.9 Å². The zero-order valence-electron chi connectivity index (χ0n) is 21.3. The minimum atomic E-state index is 0.278. The van der Waals surface area contributed by atoms with Crippen LogP contribution in [0.2, 0.25) is 0 Å². The number of ether oxygens (including phenoxy) is 3. The number of aromatic nitrogens is 2. The van der Waals surface area contributed by atoms with Crippen LogP contribution in [0.5, 0.6) is 17.2 Å². The number of piperazine rings is 1. The monoisotopic (exact) mass is 493 g/mol. The van der Waals surface area contributed by atoms with Gasteiger partial charge in [0.05, 0.1) is 26.8 Å². The van der Waals surface area contributed by atoms with E-state index in [4.69, 9.17) is 19.9 Å². The molecule has 2 aliphatic rings. The zero-order chi connectivity index (χ0) is 25.5. The number of hydrogen-bond donors (Lipinski definition) is 1. The first-order valence-electron chi connectivity index (χ1n) is 12.3. The summed E-state index contributed by atoms with van der Waals surface area (Å²) in [6, 6.07) is 13.3. The van der Waals surface area contributed by atoms with Crippen LogP contribution in [0.15, 0.2) is 42.5 Å². The zero-order valence-corrected chi connectivity index (χ0v) is 21.3. The first kappa shape index (κ1) is 25.3. The Hall–Kier alpha value is -3.75. The van der Waals surface area contributed by atoms with Crippen molar-refractivity contribution >= 4 is 28.6 Å². The topological polar surface area (TPSA) is 103 Å². The molecule has 1 aromatic heterocycles. The van der Waals surface area contributed by atoms with Crippen LogP contribution in [0.4, 0.5) is 11.8 Å².